The summed E-state index contributed by atoms with van der Waals surface area (Å²) in [6.07, 6.45) is 3.27. The topological polar surface area (TPSA) is 55.8 Å². The van der Waals surface area contributed by atoms with E-state index in [1.807, 2.05) is 0 Å². The number of methoxy groups -OCH3 is 1. The van der Waals surface area contributed by atoms with E-state index in [0.717, 1.165) is 16.7 Å². The van der Waals surface area contributed by atoms with Gasteiger partial charge < -0.3 is 9.47 Å². The van der Waals surface area contributed by atoms with Crippen molar-refractivity contribution in [3.05, 3.63) is 69.0 Å². The molecule has 2 aromatic rings. The highest BCUT2D eigenvalue weighted by Gasteiger charge is 2.36. The van der Waals surface area contributed by atoms with Gasteiger partial charge in [-0.25, -0.2) is 4.90 Å². The molecule has 1 aliphatic rings. The average Bonchev–Trinajstić information content (AvgIpc) is 2.93. The first-order valence-electron chi connectivity index (χ1n) is 8.09. The second-order valence-corrected chi connectivity index (χ2v) is 7.91. The van der Waals surface area contributed by atoms with Gasteiger partial charge >= 0.3 is 0 Å². The van der Waals surface area contributed by atoms with E-state index in [4.69, 9.17) is 21.1 Å². The molecule has 8 heteroatoms. The molecule has 0 N–H and O–H groups in total. The van der Waals surface area contributed by atoms with E-state index in [0.29, 0.717) is 43.8 Å². The van der Waals surface area contributed by atoms with Crippen LogP contribution in [0, 0.1) is 0 Å². The van der Waals surface area contributed by atoms with E-state index in [1.54, 1.807) is 48.6 Å². The number of halogens is 2. The monoisotopic (exact) mass is 479 g/mol. The Bertz CT molecular complexity index is 992. The number of benzene rings is 2. The molecule has 0 unspecified atom stereocenters. The van der Waals surface area contributed by atoms with Gasteiger partial charge in [0, 0.05) is 5.02 Å². The summed E-state index contributed by atoms with van der Waals surface area (Å²) in [5.74, 6) is 0.627. The highest BCUT2D eigenvalue weighted by atomic mass is 79.9. The fraction of sp³-hybridized carbons (Fsp3) is 0.100. The molecule has 0 aromatic heterocycles. The maximum Gasteiger partial charge on any atom is 0.298 e. The molecular formula is C20H15BrClNO4S. The molecule has 0 atom stereocenters. The molecule has 1 aliphatic heterocycles. The van der Waals surface area contributed by atoms with Gasteiger partial charge in [-0.15, -0.1) is 0 Å². The second kappa shape index (κ2) is 8.86. The summed E-state index contributed by atoms with van der Waals surface area (Å²) in [4.78, 5) is 26.6. The first kappa shape index (κ1) is 20.5. The summed E-state index contributed by atoms with van der Waals surface area (Å²) in [7, 11) is 1.53. The van der Waals surface area contributed by atoms with Gasteiger partial charge in [0.05, 0.1) is 22.2 Å². The summed E-state index contributed by atoms with van der Waals surface area (Å²) in [6, 6.07) is 10.1. The van der Waals surface area contributed by atoms with Gasteiger partial charge in [0.15, 0.2) is 11.5 Å². The Kier molecular flexibility index (Phi) is 6.49. The normalized spacial score (nSPS) is 15.2. The average molecular weight is 481 g/mol. The van der Waals surface area contributed by atoms with E-state index in [9.17, 15) is 9.59 Å². The van der Waals surface area contributed by atoms with E-state index in [-0.39, 0.29) is 5.24 Å². The molecule has 28 heavy (non-hydrogen) atoms. The van der Waals surface area contributed by atoms with Crippen molar-refractivity contribution in [2.75, 3.05) is 18.6 Å². The molecule has 0 spiro atoms. The van der Waals surface area contributed by atoms with Crippen molar-refractivity contribution in [1.29, 1.82) is 0 Å². The zero-order chi connectivity index (χ0) is 20.3. The molecule has 1 saturated heterocycles. The van der Waals surface area contributed by atoms with Crippen molar-refractivity contribution in [2.24, 2.45) is 0 Å². The lowest BCUT2D eigenvalue weighted by Gasteiger charge is -2.13. The Morgan fingerprint density at radius 3 is 2.75 bits per heavy atom. The highest BCUT2D eigenvalue weighted by molar-refractivity contribution is 9.10. The number of nitrogens with zero attached hydrogens (tertiary/aromatic N) is 1. The van der Waals surface area contributed by atoms with Gasteiger partial charge in [-0.2, -0.15) is 0 Å². The number of ether oxygens (including phenoxy) is 2. The quantitative estimate of drug-likeness (QED) is 0.380. The summed E-state index contributed by atoms with van der Waals surface area (Å²) in [5, 5.41) is 0.0693. The minimum atomic E-state index is -0.403. The first-order chi connectivity index (χ1) is 13.4. The number of hydrogen-bond donors (Lipinski definition) is 0. The lowest BCUT2D eigenvalue weighted by Crippen LogP contribution is -2.27. The molecule has 5 nitrogen and oxygen atoms in total. The predicted molar refractivity (Wildman–Crippen MR) is 116 cm³/mol. The van der Waals surface area contributed by atoms with Crippen molar-refractivity contribution in [3.8, 4) is 11.5 Å². The van der Waals surface area contributed by atoms with Crippen LogP contribution in [0.25, 0.3) is 6.08 Å². The Labute approximate surface area is 180 Å². The predicted octanol–water partition coefficient (Wildman–Crippen LogP) is 5.92. The van der Waals surface area contributed by atoms with Gasteiger partial charge in [0.25, 0.3) is 11.1 Å². The Morgan fingerprint density at radius 2 is 2.07 bits per heavy atom. The number of carbonyl (C=O) groups is 2. The maximum atomic E-state index is 12.8. The van der Waals surface area contributed by atoms with E-state index in [1.165, 1.54) is 7.11 Å². The molecule has 3 rings (SSSR count). The molecule has 144 valence electrons. The number of imide groups is 1. The zero-order valence-corrected chi connectivity index (χ0v) is 17.9. The lowest BCUT2D eigenvalue weighted by atomic mass is 10.1. The Morgan fingerprint density at radius 1 is 1.29 bits per heavy atom. The molecule has 0 radical (unpaired) electrons. The van der Waals surface area contributed by atoms with Gasteiger partial charge in [-0.1, -0.05) is 30.3 Å². The summed E-state index contributed by atoms with van der Waals surface area (Å²) in [5.41, 5.74) is 1.12. The van der Waals surface area contributed by atoms with Gasteiger partial charge in [-0.3, -0.25) is 9.59 Å². The van der Waals surface area contributed by atoms with Crippen molar-refractivity contribution < 1.29 is 19.1 Å². The van der Waals surface area contributed by atoms with Crippen LogP contribution >= 0.6 is 39.3 Å². The number of amides is 2. The third-order valence-electron chi connectivity index (χ3n) is 3.76. The highest BCUT2D eigenvalue weighted by Crippen LogP contribution is 2.40. The number of anilines is 1. The lowest BCUT2D eigenvalue weighted by molar-refractivity contribution is -0.113. The second-order valence-electron chi connectivity index (χ2n) is 5.63. The smallest absolute Gasteiger partial charge is 0.298 e. The fourth-order valence-electron chi connectivity index (χ4n) is 2.56. The number of hydrogen-bond acceptors (Lipinski definition) is 5. The van der Waals surface area contributed by atoms with Crippen LogP contribution in [0.3, 0.4) is 0 Å². The minimum Gasteiger partial charge on any atom is -0.493 e. The number of thioether (sulfide) groups is 1. The standard InChI is InChI=1S/C20H15BrClNO4S/c1-3-7-27-18-15(21)8-12(9-16(18)26-2)10-17-19(24)23(20(25)28-17)14-6-4-5-13(22)11-14/h3-6,8-11H,1,7H2,2H3. The van der Waals surface area contributed by atoms with Crippen molar-refractivity contribution >= 4 is 62.2 Å². The van der Waals surface area contributed by atoms with E-state index >= 15 is 0 Å². The molecule has 2 amide bonds. The fourth-order valence-corrected chi connectivity index (χ4v) is 4.16. The summed E-state index contributed by atoms with van der Waals surface area (Å²) in [6.45, 7) is 3.95. The van der Waals surface area contributed by atoms with Crippen molar-refractivity contribution in [3.63, 3.8) is 0 Å². The molecule has 0 saturated carbocycles. The van der Waals surface area contributed by atoms with E-state index < -0.39 is 5.91 Å². The zero-order valence-electron chi connectivity index (χ0n) is 14.8. The molecule has 0 aliphatic carbocycles. The van der Waals surface area contributed by atoms with Crippen LogP contribution in [0.4, 0.5) is 10.5 Å². The van der Waals surface area contributed by atoms with Crippen LogP contribution in [-0.2, 0) is 4.79 Å². The molecule has 2 aromatic carbocycles. The molecule has 1 heterocycles. The summed E-state index contributed by atoms with van der Waals surface area (Å²) < 4.78 is 11.6. The maximum absolute atomic E-state index is 12.8. The van der Waals surface area contributed by atoms with Gasteiger partial charge in [0.1, 0.15) is 6.61 Å². The third kappa shape index (κ3) is 4.27. The van der Waals surface area contributed by atoms with E-state index in [2.05, 4.69) is 22.5 Å². The molecular weight excluding hydrogens is 466 g/mol. The van der Waals surface area contributed by atoms with Crippen molar-refractivity contribution in [1.82, 2.24) is 0 Å². The van der Waals surface area contributed by atoms with Crippen LogP contribution in [0.15, 0.2) is 58.4 Å². The number of rotatable bonds is 6. The SMILES string of the molecule is C=CCOc1c(Br)cc(C=C2SC(=O)N(c3cccc(Cl)c3)C2=O)cc1OC. The van der Waals surface area contributed by atoms with Crippen LogP contribution in [-0.4, -0.2) is 24.9 Å². The van der Waals surface area contributed by atoms with Crippen LogP contribution in [0.1, 0.15) is 5.56 Å². The van der Waals surface area contributed by atoms with Crippen molar-refractivity contribution in [2.45, 2.75) is 0 Å². The first-order valence-corrected chi connectivity index (χ1v) is 10.1. The van der Waals surface area contributed by atoms with Crippen LogP contribution in [0.5, 0.6) is 11.5 Å². The van der Waals surface area contributed by atoms with Gasteiger partial charge in [0.2, 0.25) is 0 Å². The Hall–Kier alpha value is -2.22. The van der Waals surface area contributed by atoms with Crippen LogP contribution in [0.2, 0.25) is 5.02 Å². The third-order valence-corrected chi connectivity index (χ3v) is 5.45. The largest absolute Gasteiger partial charge is 0.493 e. The molecule has 1 fully saturated rings. The number of carbonyl (C=O) groups excluding carboxylic acids is 2. The Balaban J connectivity index is 1.93. The molecule has 0 bridgehead atoms. The summed E-state index contributed by atoms with van der Waals surface area (Å²) >= 11 is 10.3. The van der Waals surface area contributed by atoms with Gasteiger partial charge in [-0.05, 0) is 69.7 Å². The van der Waals surface area contributed by atoms with Crippen LogP contribution < -0.4 is 14.4 Å². The minimum absolute atomic E-state index is 0.304.